The van der Waals surface area contributed by atoms with E-state index in [1.165, 1.54) is 77.2 Å². The molecule has 0 spiro atoms. The first kappa shape index (κ1) is 34.4. The van der Waals surface area contributed by atoms with Gasteiger partial charge in [-0.05, 0) is 106 Å². The highest BCUT2D eigenvalue weighted by Gasteiger charge is 2.35. The highest BCUT2D eigenvalue weighted by Crippen LogP contribution is 2.50. The maximum absolute atomic E-state index is 2.47. The number of hydrogen-bond donors (Lipinski definition) is 0. The van der Waals surface area contributed by atoms with Crippen molar-refractivity contribution < 1.29 is 0 Å². The summed E-state index contributed by atoms with van der Waals surface area (Å²) in [7, 11) is 0. The highest BCUT2D eigenvalue weighted by molar-refractivity contribution is 6.17. The van der Waals surface area contributed by atoms with E-state index in [4.69, 9.17) is 0 Å². The number of para-hydroxylation sites is 3. The third-order valence-corrected chi connectivity index (χ3v) is 12.9. The largest absolute Gasteiger partial charge is 0.310 e. The first-order valence-electron chi connectivity index (χ1n) is 20.9. The molecule has 0 radical (unpaired) electrons. The molecule has 0 amide bonds. The molecule has 1 aliphatic rings. The number of hydrogen-bond acceptors (Lipinski definition) is 1. The molecule has 0 saturated carbocycles. The molecule has 12 rings (SSSR count). The molecule has 0 bridgehead atoms. The van der Waals surface area contributed by atoms with Crippen LogP contribution in [0.1, 0.15) is 25.0 Å². The summed E-state index contributed by atoms with van der Waals surface area (Å²) >= 11 is 0. The molecule has 0 unspecified atom stereocenters. The first-order valence-corrected chi connectivity index (χ1v) is 20.9. The fraction of sp³-hybridized carbons (Fsp3) is 0.0526. The molecule has 11 aromatic rings. The summed E-state index contributed by atoms with van der Waals surface area (Å²) in [6.45, 7) is 4.70. The van der Waals surface area contributed by atoms with Crippen molar-refractivity contribution in [2.75, 3.05) is 4.90 Å². The van der Waals surface area contributed by atoms with E-state index in [0.29, 0.717) is 0 Å². The summed E-state index contributed by atoms with van der Waals surface area (Å²) in [6.07, 6.45) is 0. The van der Waals surface area contributed by atoms with Crippen molar-refractivity contribution in [3.63, 3.8) is 0 Å². The van der Waals surface area contributed by atoms with Crippen LogP contribution in [-0.2, 0) is 5.41 Å². The number of anilines is 3. The van der Waals surface area contributed by atoms with Crippen LogP contribution in [0.5, 0.6) is 0 Å². The van der Waals surface area contributed by atoms with E-state index in [1.54, 1.807) is 0 Å². The van der Waals surface area contributed by atoms with E-state index in [9.17, 15) is 0 Å². The third kappa shape index (κ3) is 5.09. The Balaban J connectivity index is 1.09. The lowest BCUT2D eigenvalue weighted by Crippen LogP contribution is -2.14. The zero-order chi connectivity index (χ0) is 40.0. The van der Waals surface area contributed by atoms with Crippen molar-refractivity contribution in [1.82, 2.24) is 9.13 Å². The molecule has 3 heteroatoms. The number of rotatable bonds is 6. The Labute approximate surface area is 349 Å². The minimum atomic E-state index is -0.0521. The van der Waals surface area contributed by atoms with Crippen LogP contribution in [0.3, 0.4) is 0 Å². The van der Waals surface area contributed by atoms with Gasteiger partial charge in [-0.3, -0.25) is 0 Å². The lowest BCUT2D eigenvalue weighted by atomic mass is 9.82. The maximum atomic E-state index is 2.47. The molecule has 0 fully saturated rings. The Hall–Kier alpha value is -7.62. The molecule has 60 heavy (non-hydrogen) atoms. The Morgan fingerprint density at radius 2 is 0.967 bits per heavy atom. The second kappa shape index (κ2) is 13.2. The monoisotopic (exact) mass is 767 g/mol. The Morgan fingerprint density at radius 1 is 0.367 bits per heavy atom. The van der Waals surface area contributed by atoms with Gasteiger partial charge in [-0.1, -0.05) is 153 Å². The zero-order valence-electron chi connectivity index (χ0n) is 33.5. The lowest BCUT2D eigenvalue weighted by molar-refractivity contribution is 0.660. The first-order chi connectivity index (χ1) is 29.5. The highest BCUT2D eigenvalue weighted by atomic mass is 15.2. The molecule has 0 aliphatic heterocycles. The molecule has 2 aromatic heterocycles. The fourth-order valence-electron chi connectivity index (χ4n) is 10.1. The van der Waals surface area contributed by atoms with Crippen LogP contribution in [0.4, 0.5) is 17.1 Å². The van der Waals surface area contributed by atoms with Crippen LogP contribution in [0.25, 0.3) is 77.2 Å². The number of nitrogens with zero attached hydrogens (tertiary/aromatic N) is 3. The van der Waals surface area contributed by atoms with Crippen molar-refractivity contribution in [2.45, 2.75) is 19.3 Å². The molecule has 284 valence electrons. The average Bonchev–Trinajstić information content (AvgIpc) is 3.90. The van der Waals surface area contributed by atoms with Crippen LogP contribution in [0.15, 0.2) is 212 Å². The van der Waals surface area contributed by atoms with Crippen molar-refractivity contribution >= 4 is 60.7 Å². The van der Waals surface area contributed by atoms with Gasteiger partial charge in [-0.15, -0.1) is 0 Å². The third-order valence-electron chi connectivity index (χ3n) is 12.9. The minimum absolute atomic E-state index is 0.0521. The van der Waals surface area contributed by atoms with Gasteiger partial charge in [0.2, 0.25) is 0 Å². The molecule has 2 heterocycles. The van der Waals surface area contributed by atoms with Gasteiger partial charge in [-0.25, -0.2) is 0 Å². The minimum Gasteiger partial charge on any atom is -0.310 e. The number of aromatic nitrogens is 2. The van der Waals surface area contributed by atoms with E-state index in [-0.39, 0.29) is 5.41 Å². The summed E-state index contributed by atoms with van der Waals surface area (Å²) in [5.74, 6) is 0. The molecule has 9 aromatic carbocycles. The topological polar surface area (TPSA) is 13.1 Å². The van der Waals surface area contributed by atoms with Crippen molar-refractivity contribution in [2.24, 2.45) is 0 Å². The summed E-state index contributed by atoms with van der Waals surface area (Å²) < 4.78 is 4.90. The van der Waals surface area contributed by atoms with Gasteiger partial charge in [0.1, 0.15) is 0 Å². The standard InChI is InChI=1S/C57H41N3/c1-57(2)49-26-12-9-23-44(49)48-36-42(32-34-50(48)57)60-51-27-13-10-24-45(51)46-33-31-43(37-55(46)60)58(40-20-7-4-8-21-40)53-29-16-30-54-56(53)47-25-11-14-28-52(47)59(54)41-22-15-19-39(35-41)38-17-5-3-6-18-38/h3-37H,1-2H3. The van der Waals surface area contributed by atoms with Gasteiger partial charge in [0.15, 0.2) is 0 Å². The normalized spacial score (nSPS) is 13.0. The number of fused-ring (bicyclic) bond motifs is 9. The Kier molecular flexibility index (Phi) is 7.58. The second-order valence-corrected chi connectivity index (χ2v) is 16.6. The van der Waals surface area contributed by atoms with Crippen molar-refractivity contribution in [3.05, 3.63) is 223 Å². The molecule has 3 nitrogen and oxygen atoms in total. The van der Waals surface area contributed by atoms with E-state index in [0.717, 1.165) is 28.3 Å². The Bertz CT molecular complexity index is 3460. The second-order valence-electron chi connectivity index (χ2n) is 16.6. The van der Waals surface area contributed by atoms with Gasteiger partial charge in [-0.2, -0.15) is 0 Å². The molecular formula is C57H41N3. The number of benzene rings is 9. The van der Waals surface area contributed by atoms with Gasteiger partial charge >= 0.3 is 0 Å². The molecule has 0 atom stereocenters. The molecular weight excluding hydrogens is 727 g/mol. The molecule has 0 N–H and O–H groups in total. The predicted molar refractivity (Wildman–Crippen MR) is 253 cm³/mol. The van der Waals surface area contributed by atoms with E-state index >= 15 is 0 Å². The lowest BCUT2D eigenvalue weighted by Gasteiger charge is -2.27. The van der Waals surface area contributed by atoms with Gasteiger partial charge < -0.3 is 14.0 Å². The predicted octanol–water partition coefficient (Wildman–Crippen LogP) is 15.3. The van der Waals surface area contributed by atoms with Gasteiger partial charge in [0, 0.05) is 49.7 Å². The van der Waals surface area contributed by atoms with Crippen LogP contribution >= 0.6 is 0 Å². The molecule has 0 saturated heterocycles. The van der Waals surface area contributed by atoms with Crippen LogP contribution in [0, 0.1) is 0 Å². The summed E-state index contributed by atoms with van der Waals surface area (Å²) in [6, 6.07) is 77.9. The van der Waals surface area contributed by atoms with Gasteiger partial charge in [0.25, 0.3) is 0 Å². The van der Waals surface area contributed by atoms with Crippen LogP contribution in [0.2, 0.25) is 0 Å². The quantitative estimate of drug-likeness (QED) is 0.164. The SMILES string of the molecule is CC1(C)c2ccccc2-c2cc(-n3c4ccccc4c4ccc(N(c5ccccc5)c5cccc6c5c5ccccc5n6-c5cccc(-c6ccccc6)c5)cc43)ccc21. The summed E-state index contributed by atoms with van der Waals surface area (Å²) in [5.41, 5.74) is 18.1. The zero-order valence-corrected chi connectivity index (χ0v) is 33.5. The maximum Gasteiger partial charge on any atom is 0.0562 e. The fourth-order valence-corrected chi connectivity index (χ4v) is 10.1. The van der Waals surface area contributed by atoms with E-state index in [1.807, 2.05) is 0 Å². The average molecular weight is 768 g/mol. The van der Waals surface area contributed by atoms with Gasteiger partial charge in [0.05, 0.1) is 27.8 Å². The smallest absolute Gasteiger partial charge is 0.0562 e. The van der Waals surface area contributed by atoms with E-state index in [2.05, 4.69) is 240 Å². The Morgan fingerprint density at radius 3 is 1.80 bits per heavy atom. The summed E-state index contributed by atoms with van der Waals surface area (Å²) in [4.78, 5) is 2.45. The summed E-state index contributed by atoms with van der Waals surface area (Å²) in [5, 5.41) is 4.90. The molecule has 1 aliphatic carbocycles. The van der Waals surface area contributed by atoms with E-state index < -0.39 is 0 Å². The van der Waals surface area contributed by atoms with Crippen LogP contribution in [-0.4, -0.2) is 9.13 Å². The van der Waals surface area contributed by atoms with Crippen molar-refractivity contribution in [1.29, 1.82) is 0 Å². The van der Waals surface area contributed by atoms with Crippen molar-refractivity contribution in [3.8, 4) is 33.6 Å². The van der Waals surface area contributed by atoms with Crippen LogP contribution < -0.4 is 4.90 Å².